The number of likely N-dealkylation sites (tertiary alicyclic amines) is 1. The molecular weight excluding hydrogens is 366 g/mol. The Morgan fingerprint density at radius 3 is 2.62 bits per heavy atom. The number of hydrogen-bond donors (Lipinski definition) is 2. The number of rotatable bonds is 6. The van der Waals surface area contributed by atoms with E-state index in [0.29, 0.717) is 6.54 Å². The van der Waals surface area contributed by atoms with Crippen molar-refractivity contribution in [3.8, 4) is 0 Å². The van der Waals surface area contributed by atoms with Crippen LogP contribution in [0.1, 0.15) is 55.1 Å². The molecular formula is C22H26FLiN2O3. The summed E-state index contributed by atoms with van der Waals surface area (Å²) in [5.74, 6) is -1.29. The van der Waals surface area contributed by atoms with Crippen LogP contribution in [-0.4, -0.2) is 34.5 Å². The molecule has 150 valence electrons. The summed E-state index contributed by atoms with van der Waals surface area (Å²) in [6, 6.07) is 12.5. The van der Waals surface area contributed by atoms with Gasteiger partial charge in [0.2, 0.25) is 5.91 Å². The number of carbonyl (C=O) groups is 2. The molecule has 0 spiro atoms. The van der Waals surface area contributed by atoms with E-state index in [-0.39, 0.29) is 49.7 Å². The van der Waals surface area contributed by atoms with E-state index in [2.05, 4.69) is 10.2 Å². The minimum Gasteiger partial charge on any atom is -1.00 e. The van der Waals surface area contributed by atoms with Gasteiger partial charge in [0.25, 0.3) is 0 Å². The van der Waals surface area contributed by atoms with Gasteiger partial charge in [0.05, 0.1) is 17.6 Å². The van der Waals surface area contributed by atoms with Gasteiger partial charge in [-0.2, -0.15) is 0 Å². The zero-order valence-electron chi connectivity index (χ0n) is 17.9. The summed E-state index contributed by atoms with van der Waals surface area (Å²) in [6.07, 6.45) is 2.77. The van der Waals surface area contributed by atoms with E-state index in [9.17, 15) is 14.0 Å². The summed E-state index contributed by atoms with van der Waals surface area (Å²) in [5.41, 5.74) is 1.93. The summed E-state index contributed by atoms with van der Waals surface area (Å²) in [6.45, 7) is 3.22. The van der Waals surface area contributed by atoms with Crippen molar-refractivity contribution in [1.29, 1.82) is 0 Å². The second-order valence-corrected chi connectivity index (χ2v) is 7.27. The molecule has 0 aliphatic carbocycles. The summed E-state index contributed by atoms with van der Waals surface area (Å²) in [4.78, 5) is 26.0. The Kier molecular flexibility index (Phi) is 8.45. The molecule has 3 rings (SSSR count). The molecule has 7 heteroatoms. The first-order valence-corrected chi connectivity index (χ1v) is 9.56. The number of halogens is 1. The van der Waals surface area contributed by atoms with Gasteiger partial charge in [-0.15, -0.1) is 0 Å². The Hall–Kier alpha value is -2.13. The smallest absolute Gasteiger partial charge is 1.00 e. The first-order chi connectivity index (χ1) is 13.4. The molecule has 1 heterocycles. The number of carboxylic acids is 1. The van der Waals surface area contributed by atoms with Gasteiger partial charge in [-0.3, -0.25) is 9.69 Å². The molecule has 1 fully saturated rings. The number of piperidine rings is 1. The maximum absolute atomic E-state index is 13.5. The third-order valence-corrected chi connectivity index (χ3v) is 5.21. The van der Waals surface area contributed by atoms with Crippen molar-refractivity contribution in [3.05, 3.63) is 71.0 Å². The topological polar surface area (TPSA) is 69.6 Å². The Morgan fingerprint density at radius 2 is 1.97 bits per heavy atom. The molecule has 1 aliphatic heterocycles. The van der Waals surface area contributed by atoms with Gasteiger partial charge in [-0.05, 0) is 61.7 Å². The zero-order chi connectivity index (χ0) is 20.1. The number of hydrogen-bond acceptors (Lipinski definition) is 3. The maximum Gasteiger partial charge on any atom is 1.00 e. The van der Waals surface area contributed by atoms with Crippen molar-refractivity contribution < 1.29 is 39.4 Å². The fourth-order valence-corrected chi connectivity index (χ4v) is 3.65. The Balaban J connectivity index is 0.00000225. The van der Waals surface area contributed by atoms with E-state index in [1.165, 1.54) is 24.3 Å². The number of nitrogens with zero attached hydrogens (tertiary/aromatic N) is 1. The molecule has 0 radical (unpaired) electrons. The molecule has 2 atom stereocenters. The first kappa shape index (κ1) is 23.1. The number of benzene rings is 2. The van der Waals surface area contributed by atoms with Crippen LogP contribution in [0.15, 0.2) is 48.5 Å². The van der Waals surface area contributed by atoms with Crippen LogP contribution in [0.5, 0.6) is 0 Å². The van der Waals surface area contributed by atoms with E-state index in [1.54, 1.807) is 18.2 Å². The van der Waals surface area contributed by atoms with E-state index < -0.39 is 5.97 Å². The fraction of sp³-hybridized carbons (Fsp3) is 0.364. The molecule has 1 amide bonds. The van der Waals surface area contributed by atoms with Crippen molar-refractivity contribution in [2.45, 2.75) is 44.8 Å². The van der Waals surface area contributed by atoms with Crippen LogP contribution in [0.2, 0.25) is 0 Å². The van der Waals surface area contributed by atoms with Crippen molar-refractivity contribution in [3.63, 3.8) is 0 Å². The molecule has 0 bridgehead atoms. The number of amides is 1. The monoisotopic (exact) mass is 392 g/mol. The maximum atomic E-state index is 13.5. The van der Waals surface area contributed by atoms with Crippen molar-refractivity contribution in [2.24, 2.45) is 0 Å². The molecule has 2 aromatic rings. The minimum absolute atomic E-state index is 0. The number of carboxylic acid groups (broad SMARTS) is 1. The Morgan fingerprint density at radius 1 is 1.24 bits per heavy atom. The summed E-state index contributed by atoms with van der Waals surface area (Å²) < 4.78 is 13.5. The quantitative estimate of drug-likeness (QED) is 0.716. The molecule has 1 unspecified atom stereocenters. The van der Waals surface area contributed by atoms with Crippen LogP contribution in [0.3, 0.4) is 0 Å². The predicted molar refractivity (Wildman–Crippen MR) is 106 cm³/mol. The first-order valence-electron chi connectivity index (χ1n) is 9.56. The second kappa shape index (κ2) is 10.6. The summed E-state index contributed by atoms with van der Waals surface area (Å²) >= 11 is 0. The van der Waals surface area contributed by atoms with Gasteiger partial charge in [0.1, 0.15) is 5.82 Å². The Labute approximate surface area is 184 Å². The summed E-state index contributed by atoms with van der Waals surface area (Å²) in [7, 11) is 0. The molecule has 29 heavy (non-hydrogen) atoms. The molecule has 0 aromatic heterocycles. The van der Waals surface area contributed by atoms with Crippen molar-refractivity contribution >= 4 is 11.9 Å². The Bertz CT molecular complexity index is 851. The molecule has 5 nitrogen and oxygen atoms in total. The third kappa shape index (κ3) is 6.17. The van der Waals surface area contributed by atoms with Crippen molar-refractivity contribution in [2.75, 3.05) is 6.54 Å². The van der Waals surface area contributed by atoms with Gasteiger partial charge < -0.3 is 11.8 Å². The predicted octanol–water partition coefficient (Wildman–Crippen LogP) is 0.872. The van der Waals surface area contributed by atoms with Crippen LogP contribution in [0.25, 0.3) is 0 Å². The van der Waals surface area contributed by atoms with E-state index in [1.807, 2.05) is 13.0 Å². The molecule has 1 saturated heterocycles. The van der Waals surface area contributed by atoms with Crippen molar-refractivity contribution in [1.82, 2.24) is 10.2 Å². The molecule has 2 N–H and O–H groups in total. The zero-order valence-corrected chi connectivity index (χ0v) is 16.9. The largest absolute Gasteiger partial charge is 1.00 e. The standard InChI is InChI=1S/C22H25FN2O3.Li.H/c1-15(17-8-10-18(11-9-17)22(27)28)24-21(26)20-7-2-3-12-25(20)14-16-5-4-6-19(23)13-16;;/h4-6,8-11,13,15,20H,2-3,7,12,14H2,1H3,(H,24,26)(H,27,28);;/q;+1;-1/t15-,20?;;/m0../s1. The fourth-order valence-electron chi connectivity index (χ4n) is 3.65. The number of nitrogens with one attached hydrogen (secondary N) is 1. The van der Waals surface area contributed by atoms with Gasteiger partial charge >= 0.3 is 24.8 Å². The van der Waals surface area contributed by atoms with Crippen LogP contribution in [-0.2, 0) is 11.3 Å². The minimum atomic E-state index is -0.974. The van der Waals surface area contributed by atoms with Gasteiger partial charge in [0, 0.05) is 6.54 Å². The molecule has 2 aromatic carbocycles. The second-order valence-electron chi connectivity index (χ2n) is 7.27. The number of aromatic carboxylic acids is 1. The van der Waals surface area contributed by atoms with E-state index in [4.69, 9.17) is 5.11 Å². The van der Waals surface area contributed by atoms with Gasteiger partial charge in [-0.25, -0.2) is 9.18 Å². The average molecular weight is 392 g/mol. The molecule has 1 aliphatic rings. The summed E-state index contributed by atoms with van der Waals surface area (Å²) in [5, 5.41) is 12.0. The van der Waals surface area contributed by atoms with Crippen LogP contribution in [0, 0.1) is 5.82 Å². The van der Waals surface area contributed by atoms with E-state index >= 15 is 0 Å². The van der Waals surface area contributed by atoms with Crippen LogP contribution in [0.4, 0.5) is 4.39 Å². The third-order valence-electron chi connectivity index (χ3n) is 5.21. The van der Waals surface area contributed by atoms with Gasteiger partial charge in [0.15, 0.2) is 0 Å². The average Bonchev–Trinajstić information content (AvgIpc) is 2.68. The van der Waals surface area contributed by atoms with Crippen LogP contribution < -0.4 is 24.2 Å². The molecule has 0 saturated carbocycles. The van der Waals surface area contributed by atoms with E-state index in [0.717, 1.165) is 36.9 Å². The normalized spacial score (nSPS) is 17.8. The van der Waals surface area contributed by atoms with Crippen LogP contribution >= 0.6 is 0 Å². The SMILES string of the molecule is C[C@H](NC(=O)C1CCCCN1Cc1cccc(F)c1)c1ccc(C(=O)O)cc1.[H-].[Li+]. The number of carbonyl (C=O) groups excluding carboxylic acids is 1. The van der Waals surface area contributed by atoms with Gasteiger partial charge in [-0.1, -0.05) is 30.7 Å².